The summed E-state index contributed by atoms with van der Waals surface area (Å²) >= 11 is 0. The highest BCUT2D eigenvalue weighted by Crippen LogP contribution is 2.50. The van der Waals surface area contributed by atoms with Gasteiger partial charge in [0.05, 0.1) is 0 Å². The number of aliphatic imine (C=N–C) groups is 1. The van der Waals surface area contributed by atoms with Crippen molar-refractivity contribution in [1.29, 1.82) is 0 Å². The number of carbonyl (C=O) groups excluding carboxylic acids is 1. The van der Waals surface area contributed by atoms with Gasteiger partial charge in [-0.1, -0.05) is 0 Å². The lowest BCUT2D eigenvalue weighted by Crippen LogP contribution is -2.30. The number of hydrogen-bond acceptors (Lipinski definition) is 5. The van der Waals surface area contributed by atoms with E-state index in [2.05, 4.69) is 10.3 Å². The Morgan fingerprint density at radius 3 is 2.61 bits per heavy atom. The molecule has 0 bridgehead atoms. The minimum atomic E-state index is -4.50. The van der Waals surface area contributed by atoms with E-state index in [0.29, 0.717) is 28.1 Å². The number of nitrogens with one attached hydrogen (secondary N) is 1. The van der Waals surface area contributed by atoms with Gasteiger partial charge in [0.15, 0.2) is 0 Å². The molecule has 198 valence electrons. The van der Waals surface area contributed by atoms with Gasteiger partial charge >= 0.3 is 6.18 Å². The highest BCUT2D eigenvalue weighted by molar-refractivity contribution is 5.98. The fourth-order valence-corrected chi connectivity index (χ4v) is 4.79. The molecule has 5 rings (SSSR count). The molecule has 0 spiro atoms. The fourth-order valence-electron chi connectivity index (χ4n) is 4.79. The Balaban J connectivity index is 1.48. The Bertz CT molecular complexity index is 1380. The third-order valence-corrected chi connectivity index (χ3v) is 6.97. The quantitative estimate of drug-likeness (QED) is 0.242. The summed E-state index contributed by atoms with van der Waals surface area (Å²) in [5, 5.41) is 2.92. The molecule has 0 saturated heterocycles. The number of halogens is 4. The first kappa shape index (κ1) is 25.7. The van der Waals surface area contributed by atoms with Crippen molar-refractivity contribution in [1.82, 2.24) is 10.3 Å². The molecule has 2 atom stereocenters. The number of amides is 1. The molecule has 3 aromatic rings. The van der Waals surface area contributed by atoms with Crippen LogP contribution in [0.3, 0.4) is 0 Å². The van der Waals surface area contributed by atoms with Gasteiger partial charge in [-0.2, -0.15) is 13.2 Å². The van der Waals surface area contributed by atoms with Crippen LogP contribution < -0.4 is 15.8 Å². The van der Waals surface area contributed by atoms with Crippen molar-refractivity contribution in [3.63, 3.8) is 0 Å². The Hall–Kier alpha value is -3.95. The fraction of sp³-hybridized carbons (Fsp3) is 0.321. The van der Waals surface area contributed by atoms with Crippen LogP contribution in [0.15, 0.2) is 53.5 Å². The number of fused-ring (bicyclic) bond motifs is 1. The van der Waals surface area contributed by atoms with Crippen molar-refractivity contribution in [2.75, 3.05) is 25.9 Å². The van der Waals surface area contributed by atoms with E-state index in [-0.39, 0.29) is 41.3 Å². The van der Waals surface area contributed by atoms with Crippen molar-refractivity contribution in [3.8, 4) is 17.0 Å². The van der Waals surface area contributed by atoms with Gasteiger partial charge in [-0.3, -0.25) is 9.79 Å². The minimum Gasteiger partial charge on any atom is -0.490 e. The molecule has 1 aromatic heterocycles. The number of nitrogens with two attached hydrogens (primary N) is 1. The number of carbonyl (C=O) groups is 1. The normalized spacial score (nSPS) is 17.8. The van der Waals surface area contributed by atoms with Gasteiger partial charge in [0.1, 0.15) is 29.8 Å². The summed E-state index contributed by atoms with van der Waals surface area (Å²) in [5.41, 5.74) is 8.58. The number of anilines is 1. The second-order valence-corrected chi connectivity index (χ2v) is 9.61. The molecule has 0 radical (unpaired) electrons. The average molecular weight is 527 g/mol. The van der Waals surface area contributed by atoms with E-state index >= 15 is 0 Å². The largest absolute Gasteiger partial charge is 0.490 e. The Morgan fingerprint density at radius 2 is 1.95 bits per heavy atom. The summed E-state index contributed by atoms with van der Waals surface area (Å²) in [6, 6.07) is 11.7. The molecule has 0 unspecified atom stereocenters. The standard InChI is InChI=1S/C28H26F4N4O2/c1-34-12-18-10-17(6-9-23(18)33)27(37)35-13-21(15-2-3-15)24-11-20-22(28(30,31)32)14-38-26(20)25(36-24)16-4-7-19(29)8-5-16/h4-12,15,21-22H,2-3,13-14,33H2,1H3,(H,35,37)/t21-,22+/m0/s1. The van der Waals surface area contributed by atoms with Crippen LogP contribution in [0.5, 0.6) is 5.75 Å². The van der Waals surface area contributed by atoms with Crippen LogP contribution in [0.25, 0.3) is 11.3 Å². The number of ether oxygens (including phenoxy) is 1. The zero-order valence-corrected chi connectivity index (χ0v) is 20.6. The molecular formula is C28H26F4N4O2. The smallest absolute Gasteiger partial charge is 0.399 e. The summed E-state index contributed by atoms with van der Waals surface area (Å²) in [6.07, 6.45) is -1.18. The molecule has 3 N–H and O–H groups in total. The van der Waals surface area contributed by atoms with Crippen LogP contribution in [0, 0.1) is 11.7 Å². The van der Waals surface area contributed by atoms with Gasteiger partial charge in [-0.25, -0.2) is 9.37 Å². The predicted octanol–water partition coefficient (Wildman–Crippen LogP) is 5.48. The molecule has 1 amide bonds. The zero-order valence-electron chi connectivity index (χ0n) is 20.6. The number of benzene rings is 2. The van der Waals surface area contributed by atoms with Crippen molar-refractivity contribution in [2.24, 2.45) is 10.9 Å². The molecule has 1 aliphatic heterocycles. The lowest BCUT2D eigenvalue weighted by atomic mass is 9.92. The van der Waals surface area contributed by atoms with Gasteiger partial charge in [-0.15, -0.1) is 0 Å². The molecule has 2 aromatic carbocycles. The van der Waals surface area contributed by atoms with Crippen LogP contribution in [0.4, 0.5) is 23.2 Å². The summed E-state index contributed by atoms with van der Waals surface area (Å²) < 4.78 is 60.6. The van der Waals surface area contributed by atoms with E-state index in [1.807, 2.05) is 0 Å². The third-order valence-electron chi connectivity index (χ3n) is 6.97. The highest BCUT2D eigenvalue weighted by atomic mass is 19.4. The van der Waals surface area contributed by atoms with E-state index in [4.69, 9.17) is 15.5 Å². The van der Waals surface area contributed by atoms with Crippen LogP contribution >= 0.6 is 0 Å². The number of nitrogen functional groups attached to an aromatic ring is 1. The molecule has 38 heavy (non-hydrogen) atoms. The van der Waals surface area contributed by atoms with Crippen molar-refractivity contribution in [2.45, 2.75) is 30.9 Å². The summed E-state index contributed by atoms with van der Waals surface area (Å²) in [7, 11) is 1.60. The van der Waals surface area contributed by atoms with Crippen LogP contribution in [0.2, 0.25) is 0 Å². The maximum Gasteiger partial charge on any atom is 0.399 e. The molecule has 1 saturated carbocycles. The van der Waals surface area contributed by atoms with Crippen molar-refractivity contribution < 1.29 is 27.1 Å². The molecule has 6 nitrogen and oxygen atoms in total. The molecule has 2 heterocycles. The first-order chi connectivity index (χ1) is 18.2. The second-order valence-electron chi connectivity index (χ2n) is 9.61. The van der Waals surface area contributed by atoms with Crippen molar-refractivity contribution >= 4 is 17.8 Å². The second kappa shape index (κ2) is 10.1. The Kier molecular flexibility index (Phi) is 6.81. The summed E-state index contributed by atoms with van der Waals surface area (Å²) in [5.74, 6) is -2.66. The van der Waals surface area contributed by atoms with Gasteiger partial charge in [0.25, 0.3) is 5.91 Å². The Morgan fingerprint density at radius 1 is 1.21 bits per heavy atom. The van der Waals surface area contributed by atoms with E-state index in [1.54, 1.807) is 31.5 Å². The number of nitrogens with zero attached hydrogens (tertiary/aromatic N) is 2. The maximum atomic E-state index is 13.9. The molecule has 10 heteroatoms. The molecular weight excluding hydrogens is 500 g/mol. The van der Waals surface area contributed by atoms with E-state index < -0.39 is 24.5 Å². The number of alkyl halides is 3. The van der Waals surface area contributed by atoms with E-state index in [1.165, 1.54) is 30.3 Å². The topological polar surface area (TPSA) is 89.6 Å². The Labute approximate surface area is 216 Å². The van der Waals surface area contributed by atoms with Crippen LogP contribution in [-0.4, -0.2) is 43.5 Å². The van der Waals surface area contributed by atoms with E-state index in [9.17, 15) is 22.4 Å². The van der Waals surface area contributed by atoms with E-state index in [0.717, 1.165) is 12.8 Å². The van der Waals surface area contributed by atoms with Gasteiger partial charge < -0.3 is 15.8 Å². The highest BCUT2D eigenvalue weighted by Gasteiger charge is 2.47. The van der Waals surface area contributed by atoms with Gasteiger partial charge in [-0.05, 0) is 67.3 Å². The third kappa shape index (κ3) is 5.20. The molecule has 2 aliphatic rings. The summed E-state index contributed by atoms with van der Waals surface area (Å²) in [6.45, 7) is -0.346. The number of hydrogen-bond donors (Lipinski definition) is 2. The van der Waals surface area contributed by atoms with Crippen LogP contribution in [-0.2, 0) is 0 Å². The minimum absolute atomic E-state index is 0.0147. The zero-order chi connectivity index (χ0) is 27.0. The SMILES string of the molecule is CN=Cc1cc(C(=O)NC[C@H](c2cc3c(c(-c4ccc(F)cc4)n2)OC[C@H]3C(F)(F)F)C2CC2)ccc1N. The first-order valence-electron chi connectivity index (χ1n) is 12.3. The average Bonchev–Trinajstić information content (AvgIpc) is 3.62. The van der Waals surface area contributed by atoms with Crippen molar-refractivity contribution in [3.05, 3.63) is 76.7 Å². The van der Waals surface area contributed by atoms with Gasteiger partial charge in [0.2, 0.25) is 0 Å². The number of rotatable bonds is 7. The lowest BCUT2D eigenvalue weighted by molar-refractivity contribution is -0.151. The predicted molar refractivity (Wildman–Crippen MR) is 136 cm³/mol. The maximum absolute atomic E-state index is 13.9. The first-order valence-corrected chi connectivity index (χ1v) is 12.3. The number of pyridine rings is 1. The van der Waals surface area contributed by atoms with Crippen LogP contribution in [0.1, 0.15) is 51.9 Å². The van der Waals surface area contributed by atoms with Gasteiger partial charge in [0, 0.05) is 59.4 Å². The molecule has 1 fully saturated rings. The molecule has 1 aliphatic carbocycles. The lowest BCUT2D eigenvalue weighted by Gasteiger charge is -2.20. The summed E-state index contributed by atoms with van der Waals surface area (Å²) in [4.78, 5) is 21.6. The monoisotopic (exact) mass is 526 g/mol. The number of aromatic nitrogens is 1.